The molecule has 1 heterocycles. The molecule has 6 nitrogen and oxygen atoms in total. The second-order valence-corrected chi connectivity index (χ2v) is 7.02. The molecule has 0 saturated heterocycles. The van der Waals surface area contributed by atoms with E-state index in [9.17, 15) is 4.79 Å². The van der Waals surface area contributed by atoms with Crippen molar-refractivity contribution in [2.24, 2.45) is 0 Å². The highest BCUT2D eigenvalue weighted by Gasteiger charge is 2.16. The average molecular weight is 413 g/mol. The lowest BCUT2D eigenvalue weighted by molar-refractivity contribution is 0.102. The number of aromatic nitrogens is 2. The van der Waals surface area contributed by atoms with Gasteiger partial charge in [0.1, 0.15) is 5.75 Å². The van der Waals surface area contributed by atoms with Gasteiger partial charge in [0.15, 0.2) is 0 Å². The normalized spacial score (nSPS) is 10.6. The lowest BCUT2D eigenvalue weighted by Gasteiger charge is -2.09. The van der Waals surface area contributed by atoms with Crippen LogP contribution in [0.15, 0.2) is 83.4 Å². The van der Waals surface area contributed by atoms with Gasteiger partial charge in [-0.25, -0.2) is 0 Å². The molecule has 156 valence electrons. The van der Waals surface area contributed by atoms with Gasteiger partial charge in [0.05, 0.1) is 17.9 Å². The Hall–Kier alpha value is -3.93. The molecule has 0 radical (unpaired) electrons. The first-order chi connectivity index (χ1) is 15.2. The number of benzene rings is 3. The summed E-state index contributed by atoms with van der Waals surface area (Å²) in [5, 5.41) is 7.01. The van der Waals surface area contributed by atoms with Gasteiger partial charge in [-0.15, -0.1) is 0 Å². The Labute approximate surface area is 180 Å². The van der Waals surface area contributed by atoms with Crippen LogP contribution >= 0.6 is 0 Å². The molecule has 3 aromatic carbocycles. The second kappa shape index (κ2) is 9.71. The summed E-state index contributed by atoms with van der Waals surface area (Å²) in [6.07, 6.45) is 2.08. The quantitative estimate of drug-likeness (QED) is 0.368. The number of amides is 1. The first-order valence-corrected chi connectivity index (χ1v) is 10.3. The number of hydrogen-bond donors (Lipinski definition) is 1. The maximum absolute atomic E-state index is 12.8. The standard InChI is InChI=1S/C25H23N3O3/c1-2-3-17-30-20-15-13-19(14-16-20)24(29)26-22-12-8-7-11-21(22)25-27-23(28-31-25)18-9-5-4-6-10-18/h4-16H,2-3,17H2,1H3,(H,26,29). The van der Waals surface area contributed by atoms with E-state index < -0.39 is 0 Å². The van der Waals surface area contributed by atoms with Crippen LogP contribution in [0.2, 0.25) is 0 Å². The van der Waals surface area contributed by atoms with Crippen molar-refractivity contribution in [3.63, 3.8) is 0 Å². The SMILES string of the molecule is CCCCOc1ccc(C(=O)Nc2ccccc2-c2nc(-c3ccccc3)no2)cc1. The van der Waals surface area contributed by atoms with E-state index in [1.54, 1.807) is 24.3 Å². The van der Waals surface area contributed by atoms with Crippen LogP contribution in [0.5, 0.6) is 5.75 Å². The van der Waals surface area contributed by atoms with Crippen molar-refractivity contribution < 1.29 is 14.1 Å². The van der Waals surface area contributed by atoms with Crippen LogP contribution < -0.4 is 10.1 Å². The third-order valence-electron chi connectivity index (χ3n) is 4.75. The lowest BCUT2D eigenvalue weighted by atomic mass is 10.1. The highest BCUT2D eigenvalue weighted by Crippen LogP contribution is 2.29. The largest absolute Gasteiger partial charge is 0.494 e. The Kier molecular flexibility index (Phi) is 6.38. The molecular formula is C25H23N3O3. The van der Waals surface area contributed by atoms with Gasteiger partial charge in [-0.05, 0) is 42.8 Å². The summed E-state index contributed by atoms with van der Waals surface area (Å²) in [6.45, 7) is 2.79. The van der Waals surface area contributed by atoms with Gasteiger partial charge in [-0.2, -0.15) is 4.98 Å². The van der Waals surface area contributed by atoms with Gasteiger partial charge >= 0.3 is 0 Å². The molecule has 0 unspecified atom stereocenters. The molecule has 0 fully saturated rings. The van der Waals surface area contributed by atoms with Crippen molar-refractivity contribution in [2.75, 3.05) is 11.9 Å². The lowest BCUT2D eigenvalue weighted by Crippen LogP contribution is -2.12. The number of anilines is 1. The summed E-state index contributed by atoms with van der Waals surface area (Å²) in [5.41, 5.74) is 2.65. The molecule has 1 aromatic heterocycles. The van der Waals surface area contributed by atoms with Gasteiger partial charge < -0.3 is 14.6 Å². The van der Waals surface area contributed by atoms with Crippen molar-refractivity contribution in [3.05, 3.63) is 84.4 Å². The minimum absolute atomic E-state index is 0.227. The van der Waals surface area contributed by atoms with Crippen molar-refractivity contribution in [2.45, 2.75) is 19.8 Å². The minimum atomic E-state index is -0.227. The van der Waals surface area contributed by atoms with Gasteiger partial charge in [-0.1, -0.05) is 61.0 Å². The highest BCUT2D eigenvalue weighted by molar-refractivity contribution is 6.06. The Morgan fingerprint density at radius 3 is 2.48 bits per heavy atom. The molecule has 31 heavy (non-hydrogen) atoms. The highest BCUT2D eigenvalue weighted by atomic mass is 16.5. The van der Waals surface area contributed by atoms with Gasteiger partial charge in [0, 0.05) is 11.1 Å². The Balaban J connectivity index is 1.50. The molecule has 0 aliphatic heterocycles. The molecule has 0 aliphatic rings. The number of para-hydroxylation sites is 1. The molecule has 0 spiro atoms. The topological polar surface area (TPSA) is 77.2 Å². The summed E-state index contributed by atoms with van der Waals surface area (Å²) in [5.74, 6) is 1.37. The van der Waals surface area contributed by atoms with Crippen molar-refractivity contribution >= 4 is 11.6 Å². The molecular weight excluding hydrogens is 390 g/mol. The zero-order chi connectivity index (χ0) is 21.5. The molecule has 0 bridgehead atoms. The van der Waals surface area contributed by atoms with E-state index >= 15 is 0 Å². The number of carbonyl (C=O) groups is 1. The van der Waals surface area contributed by atoms with Crippen molar-refractivity contribution in [1.29, 1.82) is 0 Å². The second-order valence-electron chi connectivity index (χ2n) is 7.02. The third-order valence-corrected chi connectivity index (χ3v) is 4.75. The van der Waals surface area contributed by atoms with E-state index in [1.165, 1.54) is 0 Å². The molecule has 0 saturated carbocycles. The number of rotatable bonds is 8. The van der Waals surface area contributed by atoms with E-state index in [1.807, 2.05) is 54.6 Å². The van der Waals surface area contributed by atoms with E-state index in [0.717, 1.165) is 24.2 Å². The van der Waals surface area contributed by atoms with Crippen LogP contribution in [0.4, 0.5) is 5.69 Å². The fraction of sp³-hybridized carbons (Fsp3) is 0.160. The fourth-order valence-corrected chi connectivity index (χ4v) is 3.05. The van der Waals surface area contributed by atoms with E-state index in [2.05, 4.69) is 22.4 Å². The third kappa shape index (κ3) is 4.98. The predicted octanol–water partition coefficient (Wildman–Crippen LogP) is 5.83. The van der Waals surface area contributed by atoms with Crippen LogP contribution in [0.1, 0.15) is 30.1 Å². The van der Waals surface area contributed by atoms with Crippen molar-refractivity contribution in [3.8, 4) is 28.6 Å². The van der Waals surface area contributed by atoms with E-state index in [-0.39, 0.29) is 5.91 Å². The number of nitrogens with one attached hydrogen (secondary N) is 1. The first-order valence-electron chi connectivity index (χ1n) is 10.3. The van der Waals surface area contributed by atoms with Crippen LogP contribution in [0, 0.1) is 0 Å². The predicted molar refractivity (Wildman–Crippen MR) is 120 cm³/mol. The summed E-state index contributed by atoms with van der Waals surface area (Å²) in [7, 11) is 0. The summed E-state index contributed by atoms with van der Waals surface area (Å²) < 4.78 is 11.1. The Bertz CT molecular complexity index is 1140. The van der Waals surface area contributed by atoms with Crippen LogP contribution in [0.3, 0.4) is 0 Å². The number of ether oxygens (including phenoxy) is 1. The molecule has 1 amide bonds. The number of carbonyl (C=O) groups excluding carboxylic acids is 1. The Morgan fingerprint density at radius 1 is 0.968 bits per heavy atom. The summed E-state index contributed by atoms with van der Waals surface area (Å²) in [4.78, 5) is 17.3. The van der Waals surface area contributed by atoms with E-state index in [4.69, 9.17) is 9.26 Å². The molecule has 6 heteroatoms. The number of nitrogens with zero attached hydrogens (tertiary/aromatic N) is 2. The zero-order valence-corrected chi connectivity index (χ0v) is 17.2. The molecule has 4 rings (SSSR count). The molecule has 1 N–H and O–H groups in total. The molecule has 0 atom stereocenters. The van der Waals surface area contributed by atoms with Crippen LogP contribution in [0.25, 0.3) is 22.8 Å². The van der Waals surface area contributed by atoms with E-state index in [0.29, 0.717) is 35.1 Å². The Morgan fingerprint density at radius 2 is 1.71 bits per heavy atom. The summed E-state index contributed by atoms with van der Waals surface area (Å²) >= 11 is 0. The zero-order valence-electron chi connectivity index (χ0n) is 17.2. The minimum Gasteiger partial charge on any atom is -0.494 e. The maximum Gasteiger partial charge on any atom is 0.260 e. The molecule has 0 aliphatic carbocycles. The fourth-order valence-electron chi connectivity index (χ4n) is 3.05. The number of hydrogen-bond acceptors (Lipinski definition) is 5. The average Bonchev–Trinajstić information content (AvgIpc) is 3.31. The van der Waals surface area contributed by atoms with Crippen LogP contribution in [-0.2, 0) is 0 Å². The summed E-state index contributed by atoms with van der Waals surface area (Å²) in [6, 6.07) is 24.1. The van der Waals surface area contributed by atoms with Crippen LogP contribution in [-0.4, -0.2) is 22.7 Å². The van der Waals surface area contributed by atoms with Gasteiger partial charge in [-0.3, -0.25) is 4.79 Å². The number of unbranched alkanes of at least 4 members (excludes halogenated alkanes) is 1. The first kappa shape index (κ1) is 20.3. The van der Waals surface area contributed by atoms with Gasteiger partial charge in [0.2, 0.25) is 5.82 Å². The maximum atomic E-state index is 12.8. The monoisotopic (exact) mass is 413 g/mol. The molecule has 4 aromatic rings. The van der Waals surface area contributed by atoms with Crippen molar-refractivity contribution in [1.82, 2.24) is 10.1 Å². The smallest absolute Gasteiger partial charge is 0.260 e. The van der Waals surface area contributed by atoms with Gasteiger partial charge in [0.25, 0.3) is 11.8 Å².